The summed E-state index contributed by atoms with van der Waals surface area (Å²) in [6.07, 6.45) is 1.59. The van der Waals surface area contributed by atoms with Gasteiger partial charge in [0.25, 0.3) is 0 Å². The molecule has 1 N–H and O–H groups in total. The van der Waals surface area contributed by atoms with Gasteiger partial charge in [-0.25, -0.2) is 0 Å². The molecule has 2 aromatic heterocycles. The minimum absolute atomic E-state index is 0.618. The molecule has 2 aromatic rings. The molecule has 0 saturated carbocycles. The van der Waals surface area contributed by atoms with Crippen molar-refractivity contribution in [2.45, 2.75) is 0 Å². The minimum atomic E-state index is 0.618. The number of pyridine rings is 1. The quantitative estimate of drug-likeness (QED) is 0.854. The van der Waals surface area contributed by atoms with Crippen LogP contribution in [0.5, 0.6) is 0 Å². The van der Waals surface area contributed by atoms with Crippen LogP contribution >= 0.6 is 22.9 Å². The van der Waals surface area contributed by atoms with Crippen LogP contribution in [0.1, 0.15) is 0 Å². The summed E-state index contributed by atoms with van der Waals surface area (Å²) in [6, 6.07) is 3.60. The molecular formula is C8H7ClN4S. The highest BCUT2D eigenvalue weighted by atomic mass is 35.5. The van der Waals surface area contributed by atoms with Gasteiger partial charge < -0.3 is 5.32 Å². The monoisotopic (exact) mass is 226 g/mol. The maximum atomic E-state index is 5.72. The Bertz CT molecular complexity index is 425. The Hall–Kier alpha value is -1.20. The first-order chi connectivity index (χ1) is 6.79. The molecule has 0 bridgehead atoms. The van der Waals surface area contributed by atoms with Gasteiger partial charge in [-0.15, -0.1) is 10.2 Å². The third-order valence-corrected chi connectivity index (χ3v) is 2.77. The van der Waals surface area contributed by atoms with Crippen LogP contribution in [0, 0.1) is 0 Å². The number of halogens is 1. The van der Waals surface area contributed by atoms with E-state index in [-0.39, 0.29) is 0 Å². The van der Waals surface area contributed by atoms with Gasteiger partial charge in [-0.3, -0.25) is 4.98 Å². The second kappa shape index (κ2) is 3.89. The van der Waals surface area contributed by atoms with Gasteiger partial charge in [-0.2, -0.15) is 0 Å². The van der Waals surface area contributed by atoms with Crippen LogP contribution in [-0.2, 0) is 0 Å². The molecule has 6 heteroatoms. The Labute approximate surface area is 90.0 Å². The standard InChI is InChI=1S/C8H7ClN4S/c1-10-8-13-12-7(14-8)6-3-2-5(9)4-11-6/h2-4H,1H3,(H,10,13). The third kappa shape index (κ3) is 1.83. The molecule has 0 amide bonds. The highest BCUT2D eigenvalue weighted by Gasteiger charge is 2.05. The van der Waals surface area contributed by atoms with Crippen molar-refractivity contribution in [2.24, 2.45) is 0 Å². The van der Waals surface area contributed by atoms with Crippen LogP contribution in [0.3, 0.4) is 0 Å². The molecule has 4 nitrogen and oxygen atoms in total. The van der Waals surface area contributed by atoms with Crippen molar-refractivity contribution < 1.29 is 0 Å². The minimum Gasteiger partial charge on any atom is -0.363 e. The van der Waals surface area contributed by atoms with Gasteiger partial charge in [0.05, 0.1) is 5.02 Å². The van der Waals surface area contributed by atoms with E-state index in [1.54, 1.807) is 19.3 Å². The van der Waals surface area contributed by atoms with Crippen molar-refractivity contribution >= 4 is 28.1 Å². The molecule has 0 radical (unpaired) electrons. The normalized spacial score (nSPS) is 10.1. The zero-order chi connectivity index (χ0) is 9.97. The van der Waals surface area contributed by atoms with Crippen LogP contribution in [0.15, 0.2) is 18.3 Å². The summed E-state index contributed by atoms with van der Waals surface area (Å²) in [7, 11) is 1.81. The van der Waals surface area contributed by atoms with Gasteiger partial charge in [0.2, 0.25) is 5.13 Å². The van der Waals surface area contributed by atoms with E-state index in [1.165, 1.54) is 11.3 Å². The number of nitrogens with one attached hydrogen (secondary N) is 1. The highest BCUT2D eigenvalue weighted by Crippen LogP contribution is 2.24. The Morgan fingerprint density at radius 1 is 1.36 bits per heavy atom. The fourth-order valence-electron chi connectivity index (χ4n) is 0.930. The summed E-state index contributed by atoms with van der Waals surface area (Å²) in [4.78, 5) is 4.14. The zero-order valence-corrected chi connectivity index (χ0v) is 8.93. The van der Waals surface area contributed by atoms with Crippen LogP contribution in [-0.4, -0.2) is 22.2 Å². The lowest BCUT2D eigenvalue weighted by Crippen LogP contribution is -1.84. The summed E-state index contributed by atoms with van der Waals surface area (Å²) in [5.74, 6) is 0. The number of hydrogen-bond acceptors (Lipinski definition) is 5. The Morgan fingerprint density at radius 2 is 2.21 bits per heavy atom. The van der Waals surface area contributed by atoms with E-state index in [0.29, 0.717) is 5.02 Å². The maximum absolute atomic E-state index is 5.72. The molecule has 0 aliphatic carbocycles. The molecule has 0 unspecified atom stereocenters. The van der Waals surface area contributed by atoms with Crippen LogP contribution in [0.2, 0.25) is 5.02 Å². The topological polar surface area (TPSA) is 50.7 Å². The number of anilines is 1. The van der Waals surface area contributed by atoms with Crippen LogP contribution in [0.25, 0.3) is 10.7 Å². The van der Waals surface area contributed by atoms with E-state index >= 15 is 0 Å². The molecule has 0 saturated heterocycles. The lowest BCUT2D eigenvalue weighted by molar-refractivity contribution is 1.08. The molecule has 0 aromatic carbocycles. The molecule has 2 rings (SSSR count). The SMILES string of the molecule is CNc1nnc(-c2ccc(Cl)cn2)s1. The molecule has 0 aliphatic heterocycles. The summed E-state index contributed by atoms with van der Waals surface area (Å²) >= 11 is 7.18. The van der Waals surface area contributed by atoms with Crippen molar-refractivity contribution in [1.29, 1.82) is 0 Å². The van der Waals surface area contributed by atoms with Gasteiger partial charge in [0.1, 0.15) is 5.69 Å². The summed E-state index contributed by atoms with van der Waals surface area (Å²) < 4.78 is 0. The van der Waals surface area contributed by atoms with E-state index in [0.717, 1.165) is 15.8 Å². The van der Waals surface area contributed by atoms with Crippen molar-refractivity contribution in [3.63, 3.8) is 0 Å². The molecule has 0 spiro atoms. The van der Waals surface area contributed by atoms with Crippen molar-refractivity contribution in [1.82, 2.24) is 15.2 Å². The maximum Gasteiger partial charge on any atom is 0.205 e. The molecule has 0 aliphatic rings. The lowest BCUT2D eigenvalue weighted by Gasteiger charge is -1.93. The van der Waals surface area contributed by atoms with Gasteiger partial charge in [0, 0.05) is 13.2 Å². The molecule has 72 valence electrons. The molecular weight excluding hydrogens is 220 g/mol. The lowest BCUT2D eigenvalue weighted by atomic mass is 10.4. The number of rotatable bonds is 2. The number of aromatic nitrogens is 3. The Kier molecular flexibility index (Phi) is 2.60. The smallest absolute Gasteiger partial charge is 0.205 e. The van der Waals surface area contributed by atoms with E-state index in [9.17, 15) is 0 Å². The molecule has 0 fully saturated rings. The first-order valence-electron chi connectivity index (χ1n) is 3.93. The first kappa shape index (κ1) is 9.36. The second-order valence-electron chi connectivity index (χ2n) is 2.52. The molecule has 0 atom stereocenters. The fraction of sp³-hybridized carbons (Fsp3) is 0.125. The third-order valence-electron chi connectivity index (χ3n) is 1.59. The van der Waals surface area contributed by atoms with E-state index in [4.69, 9.17) is 11.6 Å². The number of nitrogens with zero attached hydrogens (tertiary/aromatic N) is 3. The highest BCUT2D eigenvalue weighted by molar-refractivity contribution is 7.18. The van der Waals surface area contributed by atoms with Crippen LogP contribution in [0.4, 0.5) is 5.13 Å². The van der Waals surface area contributed by atoms with E-state index < -0.39 is 0 Å². The average Bonchev–Trinajstić information content (AvgIpc) is 2.67. The first-order valence-corrected chi connectivity index (χ1v) is 5.12. The Balaban J connectivity index is 2.34. The molecule has 2 heterocycles. The van der Waals surface area contributed by atoms with E-state index in [2.05, 4.69) is 20.5 Å². The fourth-order valence-corrected chi connectivity index (χ4v) is 1.72. The Morgan fingerprint density at radius 3 is 2.79 bits per heavy atom. The van der Waals surface area contributed by atoms with Gasteiger partial charge in [-0.1, -0.05) is 22.9 Å². The average molecular weight is 227 g/mol. The van der Waals surface area contributed by atoms with E-state index in [1.807, 2.05) is 6.07 Å². The largest absolute Gasteiger partial charge is 0.363 e. The second-order valence-corrected chi connectivity index (χ2v) is 3.94. The summed E-state index contributed by atoms with van der Waals surface area (Å²) in [6.45, 7) is 0. The summed E-state index contributed by atoms with van der Waals surface area (Å²) in [5, 5.41) is 13.0. The molecule has 14 heavy (non-hydrogen) atoms. The van der Waals surface area contributed by atoms with Crippen molar-refractivity contribution in [2.75, 3.05) is 12.4 Å². The zero-order valence-electron chi connectivity index (χ0n) is 7.36. The van der Waals surface area contributed by atoms with Gasteiger partial charge >= 0.3 is 0 Å². The van der Waals surface area contributed by atoms with Gasteiger partial charge in [-0.05, 0) is 12.1 Å². The van der Waals surface area contributed by atoms with Gasteiger partial charge in [0.15, 0.2) is 5.01 Å². The summed E-state index contributed by atoms with van der Waals surface area (Å²) in [5.41, 5.74) is 0.786. The predicted octanol–water partition coefficient (Wildman–Crippen LogP) is 2.30. The van der Waals surface area contributed by atoms with Crippen LogP contribution < -0.4 is 5.32 Å². The predicted molar refractivity (Wildman–Crippen MR) is 57.7 cm³/mol. The van der Waals surface area contributed by atoms with Crippen molar-refractivity contribution in [3.8, 4) is 10.7 Å². The van der Waals surface area contributed by atoms with Crippen molar-refractivity contribution in [3.05, 3.63) is 23.4 Å². The number of hydrogen-bond donors (Lipinski definition) is 1.